The molecule has 0 saturated heterocycles. The van der Waals surface area contributed by atoms with Gasteiger partial charge in [0, 0.05) is 22.7 Å². The van der Waals surface area contributed by atoms with E-state index in [1.807, 2.05) is 0 Å². The molecule has 0 aromatic heterocycles. The molecule has 0 spiro atoms. The van der Waals surface area contributed by atoms with Gasteiger partial charge in [-0.05, 0) is 20.0 Å². The average Bonchev–Trinajstić information content (AvgIpc) is 2.28. The molecule has 0 heterocycles. The number of benzene rings is 1. The van der Waals surface area contributed by atoms with Crippen molar-refractivity contribution in [1.82, 2.24) is 5.32 Å². The molecule has 1 rings (SSSR count). The number of ketones is 1. The summed E-state index contributed by atoms with van der Waals surface area (Å²) in [6.45, 7) is 1.70. The summed E-state index contributed by atoms with van der Waals surface area (Å²) >= 11 is 5.97. The van der Waals surface area contributed by atoms with Gasteiger partial charge < -0.3 is 15.5 Å². The van der Waals surface area contributed by atoms with Gasteiger partial charge in [-0.25, -0.2) is 0 Å². The van der Waals surface area contributed by atoms with Crippen LogP contribution in [0.5, 0.6) is 0 Å². The summed E-state index contributed by atoms with van der Waals surface area (Å²) in [4.78, 5) is 11.1. The zero-order valence-electron chi connectivity index (χ0n) is 9.77. The summed E-state index contributed by atoms with van der Waals surface area (Å²) in [5.74, 6) is -0.0938. The zero-order chi connectivity index (χ0) is 13.0. The number of hydrogen-bond acceptors (Lipinski definition) is 4. The largest absolute Gasteiger partial charge is 0.389 e. The fourth-order valence-electron chi connectivity index (χ4n) is 1.51. The molecular formula is C12H16ClNO3. The van der Waals surface area contributed by atoms with Crippen LogP contribution in [0.25, 0.3) is 0 Å². The van der Waals surface area contributed by atoms with Gasteiger partial charge in [-0.2, -0.15) is 0 Å². The van der Waals surface area contributed by atoms with Crippen LogP contribution in [0.15, 0.2) is 18.2 Å². The summed E-state index contributed by atoms with van der Waals surface area (Å²) in [7, 11) is 1.68. The van der Waals surface area contributed by atoms with E-state index in [4.69, 9.17) is 11.6 Å². The first-order chi connectivity index (χ1) is 7.97. The van der Waals surface area contributed by atoms with Crippen LogP contribution >= 0.6 is 11.6 Å². The fraction of sp³-hybridized carbons (Fsp3) is 0.417. The SMILES string of the molecule is CNCC(O)C(O)c1ccc(C(C)=O)cc1Cl. The number of hydrogen-bond donors (Lipinski definition) is 3. The lowest BCUT2D eigenvalue weighted by atomic mass is 10.0. The van der Waals surface area contributed by atoms with Crippen molar-refractivity contribution >= 4 is 17.4 Å². The van der Waals surface area contributed by atoms with Gasteiger partial charge in [-0.15, -0.1) is 0 Å². The number of rotatable bonds is 5. The highest BCUT2D eigenvalue weighted by Crippen LogP contribution is 2.26. The topological polar surface area (TPSA) is 69.6 Å². The van der Waals surface area contributed by atoms with Crippen LogP contribution in [0.2, 0.25) is 5.02 Å². The van der Waals surface area contributed by atoms with Crippen LogP contribution in [0, 0.1) is 0 Å². The molecule has 2 unspecified atom stereocenters. The minimum absolute atomic E-state index is 0.0938. The highest BCUT2D eigenvalue weighted by atomic mass is 35.5. The highest BCUT2D eigenvalue weighted by Gasteiger charge is 2.20. The molecular weight excluding hydrogens is 242 g/mol. The predicted octanol–water partition coefficient (Wildman–Crippen LogP) is 1.16. The number of likely N-dealkylation sites (N-methyl/N-ethyl adjacent to an activating group) is 1. The van der Waals surface area contributed by atoms with Crippen molar-refractivity contribution in [3.8, 4) is 0 Å². The quantitative estimate of drug-likeness (QED) is 0.693. The molecule has 17 heavy (non-hydrogen) atoms. The Hall–Kier alpha value is -0.940. The number of carbonyl (C=O) groups excluding carboxylic acids is 1. The second-order valence-electron chi connectivity index (χ2n) is 3.86. The molecule has 0 aliphatic heterocycles. The Balaban J connectivity index is 2.95. The number of nitrogens with one attached hydrogen (secondary N) is 1. The van der Waals surface area contributed by atoms with Gasteiger partial charge in [0.25, 0.3) is 0 Å². The number of aliphatic hydroxyl groups is 2. The number of Topliss-reactive ketones (excluding diaryl/α,β-unsaturated/α-hetero) is 1. The molecule has 0 amide bonds. The van der Waals surface area contributed by atoms with Crippen LogP contribution in [0.4, 0.5) is 0 Å². The summed E-state index contributed by atoms with van der Waals surface area (Å²) in [6, 6.07) is 4.63. The standard InChI is InChI=1S/C12H16ClNO3/c1-7(15)8-3-4-9(10(13)5-8)12(17)11(16)6-14-2/h3-5,11-12,14,16-17H,6H2,1-2H3. The van der Waals surface area contributed by atoms with Gasteiger partial charge in [0.15, 0.2) is 5.78 Å². The van der Waals surface area contributed by atoms with Crippen molar-refractivity contribution in [3.63, 3.8) is 0 Å². The van der Waals surface area contributed by atoms with Gasteiger partial charge in [-0.3, -0.25) is 4.79 Å². The molecule has 0 radical (unpaired) electrons. The number of aliphatic hydroxyl groups excluding tert-OH is 2. The molecule has 5 heteroatoms. The maximum absolute atomic E-state index is 11.1. The Morgan fingerprint density at radius 1 is 1.47 bits per heavy atom. The molecule has 0 fully saturated rings. The van der Waals surface area contributed by atoms with E-state index >= 15 is 0 Å². The third-order valence-electron chi connectivity index (χ3n) is 2.50. The molecule has 0 aliphatic rings. The fourth-order valence-corrected chi connectivity index (χ4v) is 1.81. The Morgan fingerprint density at radius 2 is 2.12 bits per heavy atom. The highest BCUT2D eigenvalue weighted by molar-refractivity contribution is 6.31. The maximum atomic E-state index is 11.1. The average molecular weight is 258 g/mol. The van der Waals surface area contributed by atoms with Crippen molar-refractivity contribution in [2.75, 3.05) is 13.6 Å². The van der Waals surface area contributed by atoms with E-state index in [2.05, 4.69) is 5.32 Å². The Labute approximate surface area is 105 Å². The lowest BCUT2D eigenvalue weighted by molar-refractivity contribution is 0.0203. The van der Waals surface area contributed by atoms with Gasteiger partial charge in [0.05, 0.1) is 6.10 Å². The molecule has 4 nitrogen and oxygen atoms in total. The van der Waals surface area contributed by atoms with E-state index in [1.165, 1.54) is 13.0 Å². The van der Waals surface area contributed by atoms with E-state index in [9.17, 15) is 15.0 Å². The molecule has 1 aromatic carbocycles. The first-order valence-corrected chi connectivity index (χ1v) is 5.66. The molecule has 0 bridgehead atoms. The number of carbonyl (C=O) groups is 1. The van der Waals surface area contributed by atoms with Crippen molar-refractivity contribution in [1.29, 1.82) is 0 Å². The molecule has 3 N–H and O–H groups in total. The Bertz CT molecular complexity index is 409. The second kappa shape index (κ2) is 6.12. The van der Waals surface area contributed by atoms with E-state index in [0.717, 1.165) is 0 Å². The van der Waals surface area contributed by atoms with E-state index in [-0.39, 0.29) is 17.4 Å². The first kappa shape index (κ1) is 14.1. The third-order valence-corrected chi connectivity index (χ3v) is 2.83. The van der Waals surface area contributed by atoms with Crippen LogP contribution in [0.1, 0.15) is 28.9 Å². The molecule has 0 aliphatic carbocycles. The molecule has 94 valence electrons. The maximum Gasteiger partial charge on any atom is 0.159 e. The molecule has 0 saturated carbocycles. The minimum Gasteiger partial charge on any atom is -0.389 e. The predicted molar refractivity (Wildman–Crippen MR) is 66.3 cm³/mol. The lowest BCUT2D eigenvalue weighted by Gasteiger charge is -2.19. The van der Waals surface area contributed by atoms with E-state index < -0.39 is 12.2 Å². The summed E-state index contributed by atoms with van der Waals surface area (Å²) < 4.78 is 0. The lowest BCUT2D eigenvalue weighted by Crippen LogP contribution is -2.29. The van der Waals surface area contributed by atoms with Crippen molar-refractivity contribution in [2.24, 2.45) is 0 Å². The first-order valence-electron chi connectivity index (χ1n) is 5.28. The van der Waals surface area contributed by atoms with Crippen LogP contribution in [0.3, 0.4) is 0 Å². The normalized spacial score (nSPS) is 14.4. The molecule has 2 atom stereocenters. The monoisotopic (exact) mass is 257 g/mol. The van der Waals surface area contributed by atoms with Crippen LogP contribution in [-0.2, 0) is 0 Å². The van der Waals surface area contributed by atoms with Gasteiger partial charge in [-0.1, -0.05) is 23.7 Å². The van der Waals surface area contributed by atoms with Crippen molar-refractivity contribution in [2.45, 2.75) is 19.1 Å². The van der Waals surface area contributed by atoms with E-state index in [0.29, 0.717) is 11.1 Å². The second-order valence-corrected chi connectivity index (χ2v) is 4.27. The van der Waals surface area contributed by atoms with Crippen LogP contribution in [-0.4, -0.2) is 35.7 Å². The van der Waals surface area contributed by atoms with Crippen molar-refractivity contribution < 1.29 is 15.0 Å². The summed E-state index contributed by atoms with van der Waals surface area (Å²) in [5, 5.41) is 22.5. The Kier molecular flexibility index (Phi) is 5.08. The van der Waals surface area contributed by atoms with Gasteiger partial charge >= 0.3 is 0 Å². The van der Waals surface area contributed by atoms with Crippen molar-refractivity contribution in [3.05, 3.63) is 34.3 Å². The van der Waals surface area contributed by atoms with Gasteiger partial charge in [0.2, 0.25) is 0 Å². The molecule has 1 aromatic rings. The smallest absolute Gasteiger partial charge is 0.159 e. The third kappa shape index (κ3) is 3.51. The van der Waals surface area contributed by atoms with Crippen LogP contribution < -0.4 is 5.32 Å². The minimum atomic E-state index is -1.07. The Morgan fingerprint density at radius 3 is 2.59 bits per heavy atom. The summed E-state index contributed by atoms with van der Waals surface area (Å²) in [6.07, 6.45) is -2.02. The summed E-state index contributed by atoms with van der Waals surface area (Å²) in [5.41, 5.74) is 0.897. The van der Waals surface area contributed by atoms with E-state index in [1.54, 1.807) is 19.2 Å². The number of halogens is 1. The van der Waals surface area contributed by atoms with Gasteiger partial charge in [0.1, 0.15) is 6.10 Å². The zero-order valence-corrected chi connectivity index (χ0v) is 10.5.